The molecule has 1 aliphatic heterocycles. The number of hydrogen-bond acceptors (Lipinski definition) is 3. The molecule has 2 rings (SSSR count). The molecule has 3 heteroatoms. The third kappa shape index (κ3) is 2.57. The van der Waals surface area contributed by atoms with E-state index >= 15 is 0 Å². The lowest BCUT2D eigenvalue weighted by molar-refractivity contribution is 0.361. The van der Waals surface area contributed by atoms with Gasteiger partial charge in [0, 0.05) is 16.7 Å². The van der Waals surface area contributed by atoms with Crippen LogP contribution in [0.2, 0.25) is 0 Å². The first-order valence-electron chi connectivity index (χ1n) is 7.03. The van der Waals surface area contributed by atoms with Crippen LogP contribution in [0.3, 0.4) is 0 Å². The highest BCUT2D eigenvalue weighted by atomic mass is 16.5. The molecule has 0 aliphatic carbocycles. The highest BCUT2D eigenvalue weighted by Crippen LogP contribution is 2.41. The summed E-state index contributed by atoms with van der Waals surface area (Å²) in [6.07, 6.45) is 2.33. The normalized spacial score (nSPS) is 22.8. The Morgan fingerprint density at radius 1 is 1.16 bits per heavy atom. The summed E-state index contributed by atoms with van der Waals surface area (Å²) in [6, 6.07) is 4.27. The van der Waals surface area contributed by atoms with Gasteiger partial charge in [0.1, 0.15) is 11.5 Å². The molecular weight excluding hydrogens is 238 g/mol. The number of nitrogens with one attached hydrogen (secondary N) is 1. The van der Waals surface area contributed by atoms with Crippen LogP contribution in [0.4, 0.5) is 0 Å². The van der Waals surface area contributed by atoms with Crippen LogP contribution >= 0.6 is 0 Å². The Hall–Kier alpha value is -1.22. The Labute approximate surface area is 116 Å². The van der Waals surface area contributed by atoms with E-state index in [1.165, 1.54) is 17.5 Å². The third-order valence-corrected chi connectivity index (χ3v) is 4.14. The minimum Gasteiger partial charge on any atom is -0.496 e. The van der Waals surface area contributed by atoms with Gasteiger partial charge in [0.2, 0.25) is 0 Å². The van der Waals surface area contributed by atoms with E-state index in [0.717, 1.165) is 24.5 Å². The molecule has 1 heterocycles. The minimum atomic E-state index is -0.00582. The van der Waals surface area contributed by atoms with E-state index in [-0.39, 0.29) is 5.54 Å². The molecule has 106 valence electrons. The predicted octanol–water partition coefficient (Wildman–Crippen LogP) is 3.43. The molecule has 19 heavy (non-hydrogen) atoms. The van der Waals surface area contributed by atoms with Crippen molar-refractivity contribution in [1.82, 2.24) is 5.32 Å². The van der Waals surface area contributed by atoms with Crippen molar-refractivity contribution >= 4 is 0 Å². The lowest BCUT2D eigenvalue weighted by atomic mass is 9.87. The van der Waals surface area contributed by atoms with Gasteiger partial charge in [0.05, 0.1) is 14.2 Å². The molecule has 1 N–H and O–H groups in total. The smallest absolute Gasteiger partial charge is 0.124 e. The molecular formula is C16H25NO2. The van der Waals surface area contributed by atoms with E-state index < -0.39 is 0 Å². The number of rotatable bonds is 4. The Balaban J connectivity index is 2.54. The van der Waals surface area contributed by atoms with Crippen molar-refractivity contribution in [3.63, 3.8) is 0 Å². The molecule has 0 aromatic heterocycles. The molecule has 1 fully saturated rings. The van der Waals surface area contributed by atoms with Gasteiger partial charge in [0.15, 0.2) is 0 Å². The fourth-order valence-electron chi connectivity index (χ4n) is 2.93. The summed E-state index contributed by atoms with van der Waals surface area (Å²) in [4.78, 5) is 0. The van der Waals surface area contributed by atoms with Crippen molar-refractivity contribution in [2.45, 2.75) is 45.1 Å². The summed E-state index contributed by atoms with van der Waals surface area (Å²) >= 11 is 0. The highest BCUT2D eigenvalue weighted by molar-refractivity contribution is 5.50. The molecule has 0 amide bonds. The summed E-state index contributed by atoms with van der Waals surface area (Å²) in [5.74, 6) is 2.34. The Morgan fingerprint density at radius 2 is 1.84 bits per heavy atom. The number of methoxy groups -OCH3 is 2. The van der Waals surface area contributed by atoms with Crippen LogP contribution in [0.25, 0.3) is 0 Å². The van der Waals surface area contributed by atoms with Gasteiger partial charge < -0.3 is 14.8 Å². The Bertz CT molecular complexity index is 448. The van der Waals surface area contributed by atoms with Gasteiger partial charge in [-0.3, -0.25) is 0 Å². The largest absolute Gasteiger partial charge is 0.496 e. The molecule has 0 saturated carbocycles. The molecule has 0 radical (unpaired) electrons. The first kappa shape index (κ1) is 14.2. The van der Waals surface area contributed by atoms with Gasteiger partial charge in [-0.05, 0) is 44.4 Å². The molecule has 3 nitrogen and oxygen atoms in total. The van der Waals surface area contributed by atoms with Gasteiger partial charge in [-0.2, -0.15) is 0 Å². The van der Waals surface area contributed by atoms with Gasteiger partial charge in [0.25, 0.3) is 0 Å². The zero-order chi connectivity index (χ0) is 14.0. The zero-order valence-corrected chi connectivity index (χ0v) is 12.7. The predicted molar refractivity (Wildman–Crippen MR) is 78.2 cm³/mol. The second-order valence-corrected chi connectivity index (χ2v) is 5.81. The third-order valence-electron chi connectivity index (χ3n) is 4.14. The summed E-state index contributed by atoms with van der Waals surface area (Å²) in [6.45, 7) is 7.65. The quantitative estimate of drug-likeness (QED) is 0.903. The van der Waals surface area contributed by atoms with Crippen molar-refractivity contribution in [1.29, 1.82) is 0 Å². The topological polar surface area (TPSA) is 30.5 Å². The van der Waals surface area contributed by atoms with E-state index in [1.807, 2.05) is 0 Å². The van der Waals surface area contributed by atoms with Crippen LogP contribution in [-0.2, 0) is 5.54 Å². The van der Waals surface area contributed by atoms with Gasteiger partial charge in [-0.25, -0.2) is 0 Å². The second kappa shape index (κ2) is 5.41. The van der Waals surface area contributed by atoms with Crippen LogP contribution in [0.15, 0.2) is 12.1 Å². The summed E-state index contributed by atoms with van der Waals surface area (Å²) in [5.41, 5.74) is 2.40. The maximum atomic E-state index is 5.62. The molecule has 1 aromatic carbocycles. The maximum Gasteiger partial charge on any atom is 0.124 e. The van der Waals surface area contributed by atoms with Crippen molar-refractivity contribution in [2.75, 3.05) is 20.8 Å². The van der Waals surface area contributed by atoms with Crippen molar-refractivity contribution in [3.8, 4) is 11.5 Å². The summed E-state index contributed by atoms with van der Waals surface area (Å²) in [5, 5.41) is 3.59. The monoisotopic (exact) mass is 263 g/mol. The summed E-state index contributed by atoms with van der Waals surface area (Å²) < 4.78 is 11.2. The van der Waals surface area contributed by atoms with Crippen LogP contribution in [0, 0.1) is 0 Å². The lowest BCUT2D eigenvalue weighted by Gasteiger charge is -2.28. The van der Waals surface area contributed by atoms with E-state index in [1.54, 1.807) is 14.2 Å². The van der Waals surface area contributed by atoms with Crippen LogP contribution in [-0.4, -0.2) is 20.8 Å². The molecule has 1 atom stereocenters. The first-order chi connectivity index (χ1) is 9.01. The van der Waals surface area contributed by atoms with Crippen molar-refractivity contribution < 1.29 is 9.47 Å². The van der Waals surface area contributed by atoms with Crippen LogP contribution < -0.4 is 14.8 Å². The van der Waals surface area contributed by atoms with Gasteiger partial charge in [-0.15, -0.1) is 0 Å². The molecule has 1 saturated heterocycles. The standard InChI is InChI=1S/C16H25NO2/c1-11(2)12-9-15(19-5)13(10-14(12)18-4)16(3)7-6-8-17-16/h9-11,17H,6-8H2,1-5H3. The van der Waals surface area contributed by atoms with Crippen LogP contribution in [0.5, 0.6) is 11.5 Å². The van der Waals surface area contributed by atoms with E-state index in [4.69, 9.17) is 9.47 Å². The van der Waals surface area contributed by atoms with Gasteiger partial charge >= 0.3 is 0 Å². The van der Waals surface area contributed by atoms with Crippen molar-refractivity contribution in [2.24, 2.45) is 0 Å². The SMILES string of the molecule is COc1cc(C2(C)CCCN2)c(OC)cc1C(C)C. The molecule has 1 unspecified atom stereocenters. The fourth-order valence-corrected chi connectivity index (χ4v) is 2.93. The minimum absolute atomic E-state index is 0.00582. The average Bonchev–Trinajstić information content (AvgIpc) is 2.85. The lowest BCUT2D eigenvalue weighted by Crippen LogP contribution is -2.33. The molecule has 0 spiro atoms. The van der Waals surface area contributed by atoms with E-state index in [0.29, 0.717) is 5.92 Å². The molecule has 0 bridgehead atoms. The maximum absolute atomic E-state index is 5.62. The average molecular weight is 263 g/mol. The number of hydrogen-bond donors (Lipinski definition) is 1. The van der Waals surface area contributed by atoms with E-state index in [9.17, 15) is 0 Å². The highest BCUT2D eigenvalue weighted by Gasteiger charge is 2.33. The van der Waals surface area contributed by atoms with Crippen molar-refractivity contribution in [3.05, 3.63) is 23.3 Å². The van der Waals surface area contributed by atoms with E-state index in [2.05, 4.69) is 38.2 Å². The first-order valence-corrected chi connectivity index (χ1v) is 7.03. The Kier molecular flexibility index (Phi) is 4.04. The van der Waals surface area contributed by atoms with Crippen LogP contribution in [0.1, 0.15) is 50.7 Å². The van der Waals surface area contributed by atoms with Gasteiger partial charge in [-0.1, -0.05) is 13.8 Å². The molecule has 1 aliphatic rings. The fraction of sp³-hybridized carbons (Fsp3) is 0.625. The summed E-state index contributed by atoms with van der Waals surface area (Å²) in [7, 11) is 3.48. The number of ether oxygens (including phenoxy) is 2. The number of benzene rings is 1. The zero-order valence-electron chi connectivity index (χ0n) is 12.7. The molecule has 1 aromatic rings. The second-order valence-electron chi connectivity index (χ2n) is 5.81. The Morgan fingerprint density at radius 3 is 2.32 bits per heavy atom.